The second-order valence-electron chi connectivity index (χ2n) is 2.47. The molecular formula is C7H7N5O. The molecule has 0 saturated heterocycles. The molecule has 0 atom stereocenters. The number of rotatable bonds is 1. The molecular weight excluding hydrogens is 170 g/mol. The third-order valence-corrected chi connectivity index (χ3v) is 1.70. The summed E-state index contributed by atoms with van der Waals surface area (Å²) in [4.78, 5) is 0. The standard InChI is InChI=1S/C7H7N5O/c8-7(10-13)6-3-1-2-5-4-9-11-12(5)6/h1-4,13H,(H2,8,10). The lowest BCUT2D eigenvalue weighted by molar-refractivity contribution is 0.318. The molecule has 0 unspecified atom stereocenters. The summed E-state index contributed by atoms with van der Waals surface area (Å²) >= 11 is 0. The Hall–Kier alpha value is -2.11. The minimum absolute atomic E-state index is 0.0103. The average Bonchev–Trinajstić information content (AvgIpc) is 2.63. The van der Waals surface area contributed by atoms with Gasteiger partial charge in [0.15, 0.2) is 5.84 Å². The Bertz CT molecular complexity index is 461. The third-order valence-electron chi connectivity index (χ3n) is 1.70. The molecule has 0 saturated carbocycles. The molecule has 0 amide bonds. The van der Waals surface area contributed by atoms with Crippen molar-refractivity contribution in [2.75, 3.05) is 0 Å². The molecule has 6 heteroatoms. The molecule has 66 valence electrons. The smallest absolute Gasteiger partial charge is 0.188 e. The van der Waals surface area contributed by atoms with Crippen LogP contribution in [0.25, 0.3) is 5.52 Å². The number of oxime groups is 1. The molecule has 0 aromatic carbocycles. The Morgan fingerprint density at radius 3 is 3.15 bits per heavy atom. The minimum Gasteiger partial charge on any atom is -0.409 e. The molecule has 0 radical (unpaired) electrons. The van der Waals surface area contributed by atoms with Crippen LogP contribution in [0.5, 0.6) is 0 Å². The highest BCUT2D eigenvalue weighted by atomic mass is 16.4. The SMILES string of the molecule is N/C(=N/O)c1cccc2cnnn12. The lowest BCUT2D eigenvalue weighted by Crippen LogP contribution is -2.17. The van der Waals surface area contributed by atoms with Crippen LogP contribution in [0.1, 0.15) is 5.69 Å². The first-order chi connectivity index (χ1) is 6.33. The number of aromatic nitrogens is 3. The zero-order valence-electron chi connectivity index (χ0n) is 6.62. The molecule has 0 fully saturated rings. The summed E-state index contributed by atoms with van der Waals surface area (Å²) in [6.45, 7) is 0. The number of hydrogen-bond acceptors (Lipinski definition) is 4. The Kier molecular flexibility index (Phi) is 1.59. The first-order valence-electron chi connectivity index (χ1n) is 3.60. The van der Waals surface area contributed by atoms with Crippen LogP contribution in [-0.2, 0) is 0 Å². The summed E-state index contributed by atoms with van der Waals surface area (Å²) in [5, 5.41) is 18.9. The van der Waals surface area contributed by atoms with Crippen molar-refractivity contribution in [1.82, 2.24) is 14.8 Å². The summed E-state index contributed by atoms with van der Waals surface area (Å²) < 4.78 is 1.50. The number of fused-ring (bicyclic) bond motifs is 1. The van der Waals surface area contributed by atoms with Crippen LogP contribution < -0.4 is 5.73 Å². The minimum atomic E-state index is 0.0103. The molecule has 3 N–H and O–H groups in total. The number of pyridine rings is 1. The van der Waals surface area contributed by atoms with Gasteiger partial charge in [-0.2, -0.15) is 0 Å². The van der Waals surface area contributed by atoms with Crippen LogP contribution in [-0.4, -0.2) is 25.9 Å². The van der Waals surface area contributed by atoms with Gasteiger partial charge in [0.25, 0.3) is 0 Å². The molecule has 13 heavy (non-hydrogen) atoms. The van der Waals surface area contributed by atoms with Crippen molar-refractivity contribution in [2.24, 2.45) is 10.9 Å². The van der Waals surface area contributed by atoms with Crippen LogP contribution in [0, 0.1) is 0 Å². The number of nitrogens with two attached hydrogens (primary N) is 1. The summed E-state index contributed by atoms with van der Waals surface area (Å²) in [6, 6.07) is 5.30. The lowest BCUT2D eigenvalue weighted by Gasteiger charge is -1.99. The predicted octanol–water partition coefficient (Wildman–Crippen LogP) is -0.176. The van der Waals surface area contributed by atoms with Gasteiger partial charge in [0.05, 0.1) is 11.7 Å². The molecule has 2 rings (SSSR count). The van der Waals surface area contributed by atoms with Gasteiger partial charge in [0.1, 0.15) is 5.69 Å². The first kappa shape index (κ1) is 7.53. The topological polar surface area (TPSA) is 88.8 Å². The number of hydrogen-bond donors (Lipinski definition) is 2. The van der Waals surface area contributed by atoms with E-state index in [1.807, 2.05) is 6.07 Å². The van der Waals surface area contributed by atoms with Gasteiger partial charge in [0, 0.05) is 0 Å². The van der Waals surface area contributed by atoms with Gasteiger partial charge in [0.2, 0.25) is 0 Å². The van der Waals surface area contributed by atoms with Crippen molar-refractivity contribution in [3.8, 4) is 0 Å². The van der Waals surface area contributed by atoms with E-state index in [1.165, 1.54) is 4.52 Å². The monoisotopic (exact) mass is 177 g/mol. The second kappa shape index (κ2) is 2.74. The predicted molar refractivity (Wildman–Crippen MR) is 45.5 cm³/mol. The van der Waals surface area contributed by atoms with Crippen molar-refractivity contribution >= 4 is 11.4 Å². The van der Waals surface area contributed by atoms with Gasteiger partial charge in [-0.05, 0) is 12.1 Å². The maximum Gasteiger partial charge on any atom is 0.188 e. The number of nitrogens with zero attached hydrogens (tertiary/aromatic N) is 4. The Balaban J connectivity index is 2.75. The first-order valence-corrected chi connectivity index (χ1v) is 3.60. The zero-order chi connectivity index (χ0) is 9.26. The Morgan fingerprint density at radius 2 is 2.38 bits per heavy atom. The van der Waals surface area contributed by atoms with Gasteiger partial charge in [-0.15, -0.1) is 5.10 Å². The molecule has 0 spiro atoms. The Morgan fingerprint density at radius 1 is 1.54 bits per heavy atom. The van der Waals surface area contributed by atoms with E-state index in [9.17, 15) is 0 Å². The van der Waals surface area contributed by atoms with Crippen LogP contribution in [0.4, 0.5) is 0 Å². The third kappa shape index (κ3) is 1.08. The van der Waals surface area contributed by atoms with E-state index in [0.717, 1.165) is 5.52 Å². The fraction of sp³-hybridized carbons (Fsp3) is 0. The molecule has 0 aliphatic rings. The normalized spacial score (nSPS) is 12.2. The summed E-state index contributed by atoms with van der Waals surface area (Å²) in [7, 11) is 0. The van der Waals surface area contributed by atoms with Crippen LogP contribution in [0.3, 0.4) is 0 Å². The van der Waals surface area contributed by atoms with Gasteiger partial charge in [-0.3, -0.25) is 0 Å². The molecule has 2 aromatic heterocycles. The fourth-order valence-electron chi connectivity index (χ4n) is 1.10. The van der Waals surface area contributed by atoms with Gasteiger partial charge in [-0.25, -0.2) is 4.52 Å². The fourth-order valence-corrected chi connectivity index (χ4v) is 1.10. The molecule has 2 aromatic rings. The van der Waals surface area contributed by atoms with Crippen molar-refractivity contribution < 1.29 is 5.21 Å². The largest absolute Gasteiger partial charge is 0.409 e. The molecule has 0 aliphatic carbocycles. The van der Waals surface area contributed by atoms with E-state index in [1.54, 1.807) is 18.3 Å². The Labute approximate surface area is 73.3 Å². The summed E-state index contributed by atoms with van der Waals surface area (Å²) in [5.41, 5.74) is 6.74. The van der Waals surface area contributed by atoms with E-state index in [2.05, 4.69) is 15.5 Å². The van der Waals surface area contributed by atoms with Crippen molar-refractivity contribution in [2.45, 2.75) is 0 Å². The van der Waals surface area contributed by atoms with Crippen LogP contribution >= 0.6 is 0 Å². The van der Waals surface area contributed by atoms with E-state index in [4.69, 9.17) is 10.9 Å². The highest BCUT2D eigenvalue weighted by Gasteiger charge is 2.04. The van der Waals surface area contributed by atoms with Crippen molar-refractivity contribution in [1.29, 1.82) is 0 Å². The quantitative estimate of drug-likeness (QED) is 0.274. The van der Waals surface area contributed by atoms with Crippen molar-refractivity contribution in [3.05, 3.63) is 30.1 Å². The highest BCUT2D eigenvalue weighted by Crippen LogP contribution is 2.03. The van der Waals surface area contributed by atoms with E-state index in [-0.39, 0.29) is 5.84 Å². The second-order valence-corrected chi connectivity index (χ2v) is 2.47. The highest BCUT2D eigenvalue weighted by molar-refractivity contribution is 5.95. The van der Waals surface area contributed by atoms with E-state index >= 15 is 0 Å². The van der Waals surface area contributed by atoms with Crippen molar-refractivity contribution in [3.63, 3.8) is 0 Å². The lowest BCUT2D eigenvalue weighted by atomic mass is 10.3. The summed E-state index contributed by atoms with van der Waals surface area (Å²) in [6.07, 6.45) is 1.59. The van der Waals surface area contributed by atoms with Gasteiger partial charge < -0.3 is 10.9 Å². The van der Waals surface area contributed by atoms with Gasteiger partial charge >= 0.3 is 0 Å². The summed E-state index contributed by atoms with van der Waals surface area (Å²) in [5.74, 6) is 0.0103. The van der Waals surface area contributed by atoms with Crippen LogP contribution in [0.15, 0.2) is 29.6 Å². The van der Waals surface area contributed by atoms with E-state index < -0.39 is 0 Å². The number of amidine groups is 1. The molecule has 0 aliphatic heterocycles. The van der Waals surface area contributed by atoms with Gasteiger partial charge in [-0.1, -0.05) is 16.4 Å². The maximum absolute atomic E-state index is 8.49. The van der Waals surface area contributed by atoms with E-state index in [0.29, 0.717) is 5.69 Å². The zero-order valence-corrected chi connectivity index (χ0v) is 6.62. The maximum atomic E-state index is 8.49. The molecule has 2 heterocycles. The average molecular weight is 177 g/mol. The molecule has 0 bridgehead atoms. The molecule has 6 nitrogen and oxygen atoms in total. The van der Waals surface area contributed by atoms with Crippen LogP contribution in [0.2, 0.25) is 0 Å².